The van der Waals surface area contributed by atoms with E-state index in [9.17, 15) is 4.79 Å². The van der Waals surface area contributed by atoms with Gasteiger partial charge in [-0.25, -0.2) is 0 Å². The van der Waals surface area contributed by atoms with E-state index in [1.807, 2.05) is 6.07 Å². The molecule has 0 amide bonds. The van der Waals surface area contributed by atoms with Crippen molar-refractivity contribution in [2.45, 2.75) is 18.9 Å². The van der Waals surface area contributed by atoms with Gasteiger partial charge in [0.2, 0.25) is 0 Å². The van der Waals surface area contributed by atoms with Gasteiger partial charge in [0.05, 0.1) is 7.11 Å². The van der Waals surface area contributed by atoms with Crippen molar-refractivity contribution in [3.05, 3.63) is 33.8 Å². The molecule has 1 aromatic carbocycles. The highest BCUT2D eigenvalue weighted by atomic mass is 35.5. The SMILES string of the molecule is COC(=O)[C@@H](Cc1ccc(Cl)cc1Cl)N1CCC1. The van der Waals surface area contributed by atoms with Crippen LogP contribution in [0.3, 0.4) is 0 Å². The zero-order chi connectivity index (χ0) is 13.1. The summed E-state index contributed by atoms with van der Waals surface area (Å²) in [7, 11) is 1.42. The molecule has 1 saturated heterocycles. The fourth-order valence-corrected chi connectivity index (χ4v) is 2.53. The summed E-state index contributed by atoms with van der Waals surface area (Å²) in [6.07, 6.45) is 1.69. The molecule has 5 heteroatoms. The Morgan fingerprint density at radius 1 is 1.44 bits per heavy atom. The van der Waals surface area contributed by atoms with Crippen molar-refractivity contribution in [2.75, 3.05) is 20.2 Å². The number of rotatable bonds is 4. The van der Waals surface area contributed by atoms with E-state index in [2.05, 4.69) is 4.90 Å². The van der Waals surface area contributed by atoms with Gasteiger partial charge in [-0.2, -0.15) is 0 Å². The van der Waals surface area contributed by atoms with Crippen molar-refractivity contribution in [3.8, 4) is 0 Å². The van der Waals surface area contributed by atoms with Gasteiger partial charge in [-0.15, -0.1) is 0 Å². The van der Waals surface area contributed by atoms with Crippen LogP contribution in [0.1, 0.15) is 12.0 Å². The van der Waals surface area contributed by atoms with E-state index in [0.29, 0.717) is 16.5 Å². The first-order valence-corrected chi connectivity index (χ1v) is 6.63. The molecule has 1 aliphatic heterocycles. The largest absolute Gasteiger partial charge is 0.468 e. The van der Waals surface area contributed by atoms with Gasteiger partial charge in [-0.1, -0.05) is 29.3 Å². The second-order valence-electron chi connectivity index (χ2n) is 4.37. The van der Waals surface area contributed by atoms with Gasteiger partial charge in [-0.05, 0) is 24.1 Å². The quantitative estimate of drug-likeness (QED) is 0.798. The first-order valence-electron chi connectivity index (χ1n) is 5.87. The molecule has 1 atom stereocenters. The Balaban J connectivity index is 2.14. The molecule has 0 N–H and O–H groups in total. The van der Waals surface area contributed by atoms with Gasteiger partial charge in [0.15, 0.2) is 0 Å². The molecule has 1 aliphatic rings. The monoisotopic (exact) mass is 287 g/mol. The second kappa shape index (κ2) is 5.91. The second-order valence-corrected chi connectivity index (χ2v) is 5.21. The van der Waals surface area contributed by atoms with Crippen LogP contribution in [0.15, 0.2) is 18.2 Å². The molecule has 0 aliphatic carbocycles. The predicted octanol–water partition coefficient (Wildman–Crippen LogP) is 2.78. The lowest BCUT2D eigenvalue weighted by Crippen LogP contribution is -2.50. The summed E-state index contributed by atoms with van der Waals surface area (Å²) in [5, 5.41) is 1.19. The van der Waals surface area contributed by atoms with E-state index >= 15 is 0 Å². The number of hydrogen-bond acceptors (Lipinski definition) is 3. The fourth-order valence-electron chi connectivity index (χ4n) is 2.05. The van der Waals surface area contributed by atoms with Crippen molar-refractivity contribution < 1.29 is 9.53 Å². The third-order valence-corrected chi connectivity index (χ3v) is 3.82. The number of nitrogens with zero attached hydrogens (tertiary/aromatic N) is 1. The van der Waals surface area contributed by atoms with Gasteiger partial charge in [-0.3, -0.25) is 9.69 Å². The molecule has 1 fully saturated rings. The number of ether oxygens (including phenoxy) is 1. The summed E-state index contributed by atoms with van der Waals surface area (Å²) in [4.78, 5) is 13.9. The summed E-state index contributed by atoms with van der Waals surface area (Å²) >= 11 is 12.0. The number of carbonyl (C=O) groups excluding carboxylic acids is 1. The van der Waals surface area contributed by atoms with Crippen molar-refractivity contribution in [3.63, 3.8) is 0 Å². The minimum atomic E-state index is -0.248. The van der Waals surface area contributed by atoms with Crippen molar-refractivity contribution in [1.29, 1.82) is 0 Å². The molecule has 3 nitrogen and oxygen atoms in total. The van der Waals surface area contributed by atoms with Crippen LogP contribution >= 0.6 is 23.2 Å². The van der Waals surface area contributed by atoms with Crippen LogP contribution in [-0.4, -0.2) is 37.1 Å². The lowest BCUT2D eigenvalue weighted by Gasteiger charge is -2.36. The summed E-state index contributed by atoms with van der Waals surface area (Å²) < 4.78 is 4.86. The van der Waals surface area contributed by atoms with Gasteiger partial charge in [0, 0.05) is 29.6 Å². The molecule has 0 unspecified atom stereocenters. The average Bonchev–Trinajstić information content (AvgIpc) is 2.28. The number of halogens is 2. The topological polar surface area (TPSA) is 29.5 Å². The van der Waals surface area contributed by atoms with Crippen LogP contribution < -0.4 is 0 Å². The van der Waals surface area contributed by atoms with E-state index in [0.717, 1.165) is 25.1 Å². The van der Waals surface area contributed by atoms with Crippen LogP contribution in [0, 0.1) is 0 Å². The molecule has 0 radical (unpaired) electrons. The van der Waals surface area contributed by atoms with Crippen LogP contribution in [0.5, 0.6) is 0 Å². The minimum absolute atomic E-state index is 0.208. The van der Waals surface area contributed by atoms with Gasteiger partial charge in [0.1, 0.15) is 6.04 Å². The predicted molar refractivity (Wildman–Crippen MR) is 72.2 cm³/mol. The normalized spacial score (nSPS) is 17.1. The highest BCUT2D eigenvalue weighted by Gasteiger charge is 2.31. The van der Waals surface area contributed by atoms with Crippen LogP contribution in [0.2, 0.25) is 10.0 Å². The first kappa shape index (κ1) is 13.7. The van der Waals surface area contributed by atoms with Gasteiger partial charge < -0.3 is 4.74 Å². The van der Waals surface area contributed by atoms with E-state index < -0.39 is 0 Å². The molecule has 1 aromatic rings. The Labute approximate surface area is 117 Å². The molecule has 18 heavy (non-hydrogen) atoms. The van der Waals surface area contributed by atoms with E-state index in [-0.39, 0.29) is 12.0 Å². The summed E-state index contributed by atoms with van der Waals surface area (Å²) in [6, 6.07) is 5.10. The zero-order valence-corrected chi connectivity index (χ0v) is 11.7. The Kier molecular flexibility index (Phi) is 4.49. The average molecular weight is 288 g/mol. The number of benzene rings is 1. The molecule has 0 aromatic heterocycles. The highest BCUT2D eigenvalue weighted by molar-refractivity contribution is 6.35. The Hall–Kier alpha value is -0.770. The standard InChI is InChI=1S/C13H15Cl2NO2/c1-18-13(17)12(16-5-2-6-16)7-9-3-4-10(14)8-11(9)15/h3-4,8,12H,2,5-7H2,1H3/t12-/m1/s1. The van der Waals surface area contributed by atoms with E-state index in [1.165, 1.54) is 7.11 Å². The number of esters is 1. The maximum Gasteiger partial charge on any atom is 0.323 e. The van der Waals surface area contributed by atoms with Crippen molar-refractivity contribution in [1.82, 2.24) is 4.90 Å². The first-order chi connectivity index (χ1) is 8.61. The molecule has 1 heterocycles. The third kappa shape index (κ3) is 2.97. The molecule has 0 bridgehead atoms. The van der Waals surface area contributed by atoms with Crippen LogP contribution in [-0.2, 0) is 16.0 Å². The van der Waals surface area contributed by atoms with Crippen molar-refractivity contribution in [2.24, 2.45) is 0 Å². The molecule has 0 spiro atoms. The lowest BCUT2D eigenvalue weighted by molar-refractivity contribution is -0.148. The summed E-state index contributed by atoms with van der Waals surface area (Å²) in [5.74, 6) is -0.208. The number of likely N-dealkylation sites (tertiary alicyclic amines) is 1. The lowest BCUT2D eigenvalue weighted by atomic mass is 10.0. The Bertz CT molecular complexity index is 447. The summed E-state index contributed by atoms with van der Waals surface area (Å²) in [6.45, 7) is 1.87. The smallest absolute Gasteiger partial charge is 0.323 e. The minimum Gasteiger partial charge on any atom is -0.468 e. The Morgan fingerprint density at radius 3 is 2.67 bits per heavy atom. The number of hydrogen-bond donors (Lipinski definition) is 0. The highest BCUT2D eigenvalue weighted by Crippen LogP contribution is 2.24. The number of methoxy groups -OCH3 is 1. The molecular formula is C13H15Cl2NO2. The van der Waals surface area contributed by atoms with E-state index in [4.69, 9.17) is 27.9 Å². The molecule has 0 saturated carbocycles. The fraction of sp³-hybridized carbons (Fsp3) is 0.462. The maximum atomic E-state index is 11.8. The third-order valence-electron chi connectivity index (χ3n) is 3.23. The maximum absolute atomic E-state index is 11.8. The molecular weight excluding hydrogens is 273 g/mol. The number of carbonyl (C=O) groups is 1. The zero-order valence-electron chi connectivity index (χ0n) is 10.2. The summed E-state index contributed by atoms with van der Waals surface area (Å²) in [5.41, 5.74) is 0.920. The van der Waals surface area contributed by atoms with Crippen molar-refractivity contribution >= 4 is 29.2 Å². The van der Waals surface area contributed by atoms with Crippen LogP contribution in [0.25, 0.3) is 0 Å². The van der Waals surface area contributed by atoms with Gasteiger partial charge >= 0.3 is 5.97 Å². The van der Waals surface area contributed by atoms with E-state index in [1.54, 1.807) is 12.1 Å². The molecule has 2 rings (SSSR count). The van der Waals surface area contributed by atoms with Gasteiger partial charge in [0.25, 0.3) is 0 Å². The van der Waals surface area contributed by atoms with Crippen LogP contribution in [0.4, 0.5) is 0 Å². The molecule has 98 valence electrons. The Morgan fingerprint density at radius 2 is 2.17 bits per heavy atom.